The van der Waals surface area contributed by atoms with Crippen molar-refractivity contribution in [1.82, 2.24) is 15.0 Å². The van der Waals surface area contributed by atoms with Crippen molar-refractivity contribution in [2.24, 2.45) is 0 Å². The molecule has 8 heteroatoms. The highest BCUT2D eigenvalue weighted by Gasteiger charge is 2.10. The zero-order chi connectivity index (χ0) is 15.7. The number of hydrogen-bond acceptors (Lipinski definition) is 7. The van der Waals surface area contributed by atoms with Gasteiger partial charge in [-0.3, -0.25) is 4.21 Å². The van der Waals surface area contributed by atoms with Crippen molar-refractivity contribution in [1.29, 1.82) is 0 Å². The fraction of sp³-hybridized carbons (Fsp3) is 0.769. The lowest BCUT2D eigenvalue weighted by Crippen LogP contribution is -2.26. The van der Waals surface area contributed by atoms with Crippen LogP contribution in [0.5, 0.6) is 0 Å². The molecular weight excluding hydrogens is 288 g/mol. The van der Waals surface area contributed by atoms with E-state index in [0.717, 1.165) is 26.1 Å². The van der Waals surface area contributed by atoms with E-state index in [0.29, 0.717) is 30.1 Å². The minimum Gasteiger partial charge on any atom is -0.354 e. The maximum absolute atomic E-state index is 11.1. The Morgan fingerprint density at radius 3 is 2.05 bits per heavy atom. The van der Waals surface area contributed by atoms with Crippen LogP contribution in [-0.4, -0.2) is 57.3 Å². The fourth-order valence-corrected chi connectivity index (χ4v) is 2.10. The first-order chi connectivity index (χ1) is 10.1. The van der Waals surface area contributed by atoms with Gasteiger partial charge in [0, 0.05) is 49.0 Å². The predicted octanol–water partition coefficient (Wildman–Crippen LogP) is 1.33. The van der Waals surface area contributed by atoms with Crippen LogP contribution in [0.2, 0.25) is 0 Å². The second-order valence-corrected chi connectivity index (χ2v) is 6.14. The standard InChI is InChI=1S/C13H26N6OS/c1-5-8-14-11-16-12(15-9-10-21(4)20)18-13(17-11)19(6-2)7-3/h5-10H2,1-4H3,(H2,14,15,16,17,18). The average Bonchev–Trinajstić information content (AvgIpc) is 2.46. The summed E-state index contributed by atoms with van der Waals surface area (Å²) in [6.07, 6.45) is 2.69. The van der Waals surface area contributed by atoms with E-state index in [1.54, 1.807) is 6.26 Å². The van der Waals surface area contributed by atoms with Crippen LogP contribution in [0.1, 0.15) is 27.2 Å². The molecule has 1 unspecified atom stereocenters. The molecule has 0 radical (unpaired) electrons. The highest BCUT2D eigenvalue weighted by atomic mass is 32.2. The lowest BCUT2D eigenvalue weighted by atomic mass is 10.5. The van der Waals surface area contributed by atoms with Crippen LogP contribution < -0.4 is 15.5 Å². The Hall–Kier alpha value is -1.44. The number of anilines is 3. The van der Waals surface area contributed by atoms with Crippen LogP contribution in [0, 0.1) is 0 Å². The predicted molar refractivity (Wildman–Crippen MR) is 89.6 cm³/mol. The maximum Gasteiger partial charge on any atom is 0.231 e. The van der Waals surface area contributed by atoms with Gasteiger partial charge in [0.25, 0.3) is 0 Å². The Balaban J connectivity index is 2.88. The number of nitrogens with one attached hydrogen (secondary N) is 2. The summed E-state index contributed by atoms with van der Waals surface area (Å²) in [7, 11) is -0.826. The highest BCUT2D eigenvalue weighted by molar-refractivity contribution is 7.84. The summed E-state index contributed by atoms with van der Waals surface area (Å²) in [5.41, 5.74) is 0. The summed E-state index contributed by atoms with van der Waals surface area (Å²) in [5, 5.41) is 6.30. The molecule has 0 aliphatic rings. The molecule has 1 aromatic heterocycles. The van der Waals surface area contributed by atoms with Crippen molar-refractivity contribution in [3.8, 4) is 0 Å². The Kier molecular flexibility index (Phi) is 7.96. The molecule has 1 atom stereocenters. The summed E-state index contributed by atoms with van der Waals surface area (Å²) in [4.78, 5) is 15.3. The topological polar surface area (TPSA) is 83.0 Å². The van der Waals surface area contributed by atoms with Crippen LogP contribution >= 0.6 is 0 Å². The fourth-order valence-electron chi connectivity index (χ4n) is 1.71. The minimum absolute atomic E-state index is 0.524. The van der Waals surface area contributed by atoms with Gasteiger partial charge in [-0.1, -0.05) is 6.92 Å². The molecule has 1 aromatic rings. The lowest BCUT2D eigenvalue weighted by Gasteiger charge is -2.19. The van der Waals surface area contributed by atoms with E-state index < -0.39 is 10.8 Å². The van der Waals surface area contributed by atoms with Crippen LogP contribution in [0.15, 0.2) is 0 Å². The van der Waals surface area contributed by atoms with E-state index in [4.69, 9.17) is 0 Å². The molecule has 0 aliphatic carbocycles. The summed E-state index contributed by atoms with van der Waals surface area (Å²) in [5.74, 6) is 2.34. The molecule has 0 saturated heterocycles. The van der Waals surface area contributed by atoms with E-state index in [1.807, 2.05) is 0 Å². The first-order valence-electron chi connectivity index (χ1n) is 7.39. The van der Waals surface area contributed by atoms with Gasteiger partial charge in [-0.05, 0) is 20.3 Å². The molecule has 0 fully saturated rings. The van der Waals surface area contributed by atoms with Crippen LogP contribution in [-0.2, 0) is 10.8 Å². The summed E-state index contributed by atoms with van der Waals surface area (Å²) in [6, 6.07) is 0. The molecular formula is C13H26N6OS. The number of hydrogen-bond donors (Lipinski definition) is 2. The van der Waals surface area contributed by atoms with Crippen LogP contribution in [0.3, 0.4) is 0 Å². The van der Waals surface area contributed by atoms with E-state index in [2.05, 4.69) is 51.3 Å². The third kappa shape index (κ3) is 6.24. The van der Waals surface area contributed by atoms with Crippen molar-refractivity contribution in [3.63, 3.8) is 0 Å². The van der Waals surface area contributed by atoms with E-state index in [-0.39, 0.29) is 0 Å². The SMILES string of the molecule is CCCNc1nc(NCCS(C)=O)nc(N(CC)CC)n1. The third-order valence-corrected chi connectivity index (χ3v) is 3.65. The molecule has 0 aliphatic heterocycles. The maximum atomic E-state index is 11.1. The van der Waals surface area contributed by atoms with Gasteiger partial charge < -0.3 is 15.5 Å². The number of nitrogens with zero attached hydrogens (tertiary/aromatic N) is 4. The molecule has 21 heavy (non-hydrogen) atoms. The van der Waals surface area contributed by atoms with Crippen molar-refractivity contribution in [3.05, 3.63) is 0 Å². The Morgan fingerprint density at radius 1 is 1.00 bits per heavy atom. The molecule has 0 bridgehead atoms. The van der Waals surface area contributed by atoms with Crippen molar-refractivity contribution < 1.29 is 4.21 Å². The zero-order valence-electron chi connectivity index (χ0n) is 13.3. The molecule has 120 valence electrons. The Bertz CT molecular complexity index is 452. The summed E-state index contributed by atoms with van der Waals surface area (Å²) >= 11 is 0. The molecule has 0 amide bonds. The van der Waals surface area contributed by atoms with Crippen molar-refractivity contribution >= 4 is 28.6 Å². The molecule has 1 heterocycles. The normalized spacial score (nSPS) is 12.0. The molecule has 2 N–H and O–H groups in total. The average molecular weight is 314 g/mol. The monoisotopic (exact) mass is 314 g/mol. The van der Waals surface area contributed by atoms with Gasteiger partial charge in [0.1, 0.15) is 0 Å². The van der Waals surface area contributed by atoms with E-state index in [1.165, 1.54) is 0 Å². The molecule has 0 aromatic carbocycles. The smallest absolute Gasteiger partial charge is 0.231 e. The molecule has 7 nitrogen and oxygen atoms in total. The van der Waals surface area contributed by atoms with Gasteiger partial charge in [0.05, 0.1) is 0 Å². The molecule has 1 rings (SSSR count). The number of rotatable bonds is 10. The Labute approximate surface area is 129 Å². The molecule has 0 spiro atoms. The summed E-state index contributed by atoms with van der Waals surface area (Å²) in [6.45, 7) is 9.31. The minimum atomic E-state index is -0.826. The van der Waals surface area contributed by atoms with Crippen molar-refractivity contribution in [2.75, 3.05) is 53.7 Å². The van der Waals surface area contributed by atoms with Gasteiger partial charge in [-0.15, -0.1) is 0 Å². The first kappa shape index (κ1) is 17.6. The van der Waals surface area contributed by atoms with E-state index >= 15 is 0 Å². The second kappa shape index (κ2) is 9.49. The summed E-state index contributed by atoms with van der Waals surface area (Å²) < 4.78 is 11.1. The quantitative estimate of drug-likeness (QED) is 0.674. The largest absolute Gasteiger partial charge is 0.354 e. The van der Waals surface area contributed by atoms with Crippen LogP contribution in [0.4, 0.5) is 17.8 Å². The zero-order valence-corrected chi connectivity index (χ0v) is 14.2. The van der Waals surface area contributed by atoms with Gasteiger partial charge in [0.15, 0.2) is 0 Å². The van der Waals surface area contributed by atoms with Gasteiger partial charge in [0.2, 0.25) is 17.8 Å². The Morgan fingerprint density at radius 2 is 1.57 bits per heavy atom. The second-order valence-electron chi connectivity index (χ2n) is 4.59. The highest BCUT2D eigenvalue weighted by Crippen LogP contribution is 2.13. The van der Waals surface area contributed by atoms with Gasteiger partial charge in [-0.25, -0.2) is 0 Å². The van der Waals surface area contributed by atoms with Gasteiger partial charge in [-0.2, -0.15) is 15.0 Å². The van der Waals surface area contributed by atoms with Crippen LogP contribution in [0.25, 0.3) is 0 Å². The lowest BCUT2D eigenvalue weighted by molar-refractivity contribution is 0.687. The van der Waals surface area contributed by atoms with E-state index in [9.17, 15) is 4.21 Å². The molecule has 0 saturated carbocycles. The van der Waals surface area contributed by atoms with Crippen molar-refractivity contribution in [2.45, 2.75) is 27.2 Å². The first-order valence-corrected chi connectivity index (χ1v) is 9.12. The van der Waals surface area contributed by atoms with Gasteiger partial charge >= 0.3 is 0 Å². The third-order valence-electron chi connectivity index (χ3n) is 2.88. The number of aromatic nitrogens is 3.